The Labute approximate surface area is 203 Å². The highest BCUT2D eigenvalue weighted by atomic mass is 35.5. The molecule has 0 radical (unpaired) electrons. The normalized spacial score (nSPS) is 12.2. The van der Waals surface area contributed by atoms with Crippen molar-refractivity contribution in [2.45, 2.75) is 25.9 Å². The summed E-state index contributed by atoms with van der Waals surface area (Å²) in [6, 6.07) is 10.4. The Hall–Kier alpha value is -2.00. The van der Waals surface area contributed by atoms with Crippen molar-refractivity contribution in [1.82, 2.24) is 10.2 Å². The van der Waals surface area contributed by atoms with E-state index < -0.39 is 28.5 Å². The van der Waals surface area contributed by atoms with Crippen LogP contribution in [0.5, 0.6) is 0 Å². The first-order valence-electron chi connectivity index (χ1n) is 9.66. The number of amides is 2. The zero-order valence-corrected chi connectivity index (χ0v) is 20.9. The molecule has 1 N–H and O–H groups in total. The minimum absolute atomic E-state index is 0.0242. The first-order valence-corrected chi connectivity index (χ1v) is 12.6. The molecule has 0 aliphatic rings. The lowest BCUT2D eigenvalue weighted by molar-refractivity contribution is -0.140. The second-order valence-electron chi connectivity index (χ2n) is 7.02. The molecule has 0 aromatic heterocycles. The van der Waals surface area contributed by atoms with Crippen LogP contribution in [0.3, 0.4) is 0 Å². The molecule has 2 aromatic carbocycles. The molecule has 2 rings (SSSR count). The van der Waals surface area contributed by atoms with Crippen molar-refractivity contribution in [2.75, 3.05) is 24.2 Å². The van der Waals surface area contributed by atoms with Gasteiger partial charge in [0.25, 0.3) is 0 Å². The fourth-order valence-corrected chi connectivity index (χ4v) is 4.79. The molecule has 0 heterocycles. The van der Waals surface area contributed by atoms with E-state index in [9.17, 15) is 18.0 Å². The molecule has 0 aliphatic carbocycles. The highest BCUT2D eigenvalue weighted by Gasteiger charge is 2.32. The van der Waals surface area contributed by atoms with E-state index in [-0.39, 0.29) is 23.2 Å². The van der Waals surface area contributed by atoms with Crippen molar-refractivity contribution < 1.29 is 18.0 Å². The van der Waals surface area contributed by atoms with Crippen LogP contribution in [-0.4, -0.2) is 51.0 Å². The standard InChI is InChI=1S/C21H24Cl3N3O4S/c1-4-18(21(29)25-2)26(12-14-7-5-6-8-16(14)23)20(28)13-27(32(3,30)31)19-10-9-15(22)11-17(19)24/h5-11,18H,4,12-13H2,1-3H3,(H,25,29). The van der Waals surface area contributed by atoms with Crippen LogP contribution in [0.1, 0.15) is 18.9 Å². The van der Waals surface area contributed by atoms with E-state index in [1.54, 1.807) is 31.2 Å². The maximum Gasteiger partial charge on any atom is 0.244 e. The molecular weight excluding hydrogens is 497 g/mol. The fourth-order valence-electron chi connectivity index (χ4n) is 3.17. The lowest BCUT2D eigenvalue weighted by Crippen LogP contribution is -2.51. The zero-order chi connectivity index (χ0) is 24.1. The van der Waals surface area contributed by atoms with Crippen molar-refractivity contribution in [3.63, 3.8) is 0 Å². The Morgan fingerprint density at radius 3 is 2.25 bits per heavy atom. The number of rotatable bonds is 9. The number of hydrogen-bond acceptors (Lipinski definition) is 4. The maximum atomic E-state index is 13.4. The van der Waals surface area contributed by atoms with E-state index in [0.717, 1.165) is 10.6 Å². The van der Waals surface area contributed by atoms with Crippen molar-refractivity contribution in [3.05, 3.63) is 63.1 Å². The summed E-state index contributed by atoms with van der Waals surface area (Å²) in [7, 11) is -2.42. The third-order valence-corrected chi connectivity index (χ3v) is 6.82. The number of sulfonamides is 1. The van der Waals surface area contributed by atoms with Crippen molar-refractivity contribution in [3.8, 4) is 0 Å². The molecule has 32 heavy (non-hydrogen) atoms. The van der Waals surface area contributed by atoms with Gasteiger partial charge in [0, 0.05) is 23.6 Å². The maximum absolute atomic E-state index is 13.4. The molecule has 1 atom stereocenters. The number of nitrogens with one attached hydrogen (secondary N) is 1. The van der Waals surface area contributed by atoms with Gasteiger partial charge in [-0.05, 0) is 36.2 Å². The first-order chi connectivity index (χ1) is 15.0. The van der Waals surface area contributed by atoms with Crippen molar-refractivity contribution in [1.29, 1.82) is 0 Å². The summed E-state index contributed by atoms with van der Waals surface area (Å²) in [5.41, 5.74) is 0.734. The molecule has 0 aliphatic heterocycles. The fraction of sp³-hybridized carbons (Fsp3) is 0.333. The van der Waals surface area contributed by atoms with E-state index in [4.69, 9.17) is 34.8 Å². The van der Waals surface area contributed by atoms with Gasteiger partial charge in [-0.15, -0.1) is 0 Å². The molecule has 0 spiro atoms. The molecule has 1 unspecified atom stereocenters. The second kappa shape index (κ2) is 11.2. The number of nitrogens with zero attached hydrogens (tertiary/aromatic N) is 2. The van der Waals surface area contributed by atoms with Gasteiger partial charge in [0.05, 0.1) is 17.0 Å². The van der Waals surface area contributed by atoms with E-state index in [0.29, 0.717) is 22.0 Å². The smallest absolute Gasteiger partial charge is 0.244 e. The Kier molecular flexibility index (Phi) is 9.21. The quantitative estimate of drug-likeness (QED) is 0.542. The van der Waals surface area contributed by atoms with Crippen LogP contribution < -0.4 is 9.62 Å². The van der Waals surface area contributed by atoms with Crippen LogP contribution in [0, 0.1) is 0 Å². The van der Waals surface area contributed by atoms with Crippen molar-refractivity contribution in [2.24, 2.45) is 0 Å². The minimum atomic E-state index is -3.89. The van der Waals surface area contributed by atoms with Gasteiger partial charge < -0.3 is 10.2 Å². The van der Waals surface area contributed by atoms with Gasteiger partial charge in [0.1, 0.15) is 12.6 Å². The molecule has 2 aromatic rings. The molecule has 0 bridgehead atoms. The van der Waals surface area contributed by atoms with Gasteiger partial charge in [-0.3, -0.25) is 13.9 Å². The van der Waals surface area contributed by atoms with Gasteiger partial charge in [0.2, 0.25) is 21.8 Å². The van der Waals surface area contributed by atoms with Crippen molar-refractivity contribution >= 4 is 62.3 Å². The zero-order valence-electron chi connectivity index (χ0n) is 17.8. The van der Waals surface area contributed by atoms with E-state index in [2.05, 4.69) is 5.32 Å². The predicted octanol–water partition coefficient (Wildman–Crippen LogP) is 3.97. The van der Waals surface area contributed by atoms with E-state index in [1.165, 1.54) is 30.1 Å². The molecule has 174 valence electrons. The number of benzene rings is 2. The third-order valence-electron chi connectivity index (χ3n) is 4.79. The van der Waals surface area contributed by atoms with Crippen LogP contribution in [0.15, 0.2) is 42.5 Å². The van der Waals surface area contributed by atoms with Crippen LogP contribution in [0.25, 0.3) is 0 Å². The average Bonchev–Trinajstić information content (AvgIpc) is 2.72. The van der Waals surface area contributed by atoms with Gasteiger partial charge in [-0.1, -0.05) is 59.9 Å². The van der Waals surface area contributed by atoms with Crippen LogP contribution in [0.4, 0.5) is 5.69 Å². The number of likely N-dealkylation sites (N-methyl/N-ethyl adjacent to an activating group) is 1. The highest BCUT2D eigenvalue weighted by molar-refractivity contribution is 7.92. The Morgan fingerprint density at radius 2 is 1.72 bits per heavy atom. The summed E-state index contributed by atoms with van der Waals surface area (Å²) < 4.78 is 26.0. The van der Waals surface area contributed by atoms with E-state index in [1.807, 2.05) is 0 Å². The lowest BCUT2D eigenvalue weighted by Gasteiger charge is -2.33. The van der Waals surface area contributed by atoms with Crippen LogP contribution >= 0.6 is 34.8 Å². The molecule has 7 nitrogen and oxygen atoms in total. The average molecular weight is 521 g/mol. The topological polar surface area (TPSA) is 86.8 Å². The number of hydrogen-bond donors (Lipinski definition) is 1. The molecule has 2 amide bonds. The molecule has 11 heteroatoms. The van der Waals surface area contributed by atoms with Gasteiger partial charge in [-0.25, -0.2) is 8.42 Å². The van der Waals surface area contributed by atoms with Crippen LogP contribution in [0.2, 0.25) is 15.1 Å². The number of anilines is 1. The van der Waals surface area contributed by atoms with Gasteiger partial charge >= 0.3 is 0 Å². The minimum Gasteiger partial charge on any atom is -0.357 e. The Morgan fingerprint density at radius 1 is 1.06 bits per heavy atom. The monoisotopic (exact) mass is 519 g/mol. The molecule has 0 fully saturated rings. The van der Waals surface area contributed by atoms with Crippen LogP contribution in [-0.2, 0) is 26.2 Å². The summed E-state index contributed by atoms with van der Waals surface area (Å²) in [4.78, 5) is 27.2. The predicted molar refractivity (Wildman–Crippen MR) is 129 cm³/mol. The first kappa shape index (κ1) is 26.3. The third kappa shape index (κ3) is 6.51. The van der Waals surface area contributed by atoms with E-state index >= 15 is 0 Å². The lowest BCUT2D eigenvalue weighted by atomic mass is 10.1. The molecular formula is C21H24Cl3N3O4S. The second-order valence-corrected chi connectivity index (χ2v) is 10.2. The summed E-state index contributed by atoms with van der Waals surface area (Å²) in [5.74, 6) is -0.958. The summed E-state index contributed by atoms with van der Waals surface area (Å²) >= 11 is 18.4. The Balaban J connectivity index is 2.48. The largest absolute Gasteiger partial charge is 0.357 e. The number of halogens is 3. The molecule has 0 saturated carbocycles. The SMILES string of the molecule is CCC(C(=O)NC)N(Cc1ccccc1Cl)C(=O)CN(c1ccc(Cl)cc1Cl)S(C)(=O)=O. The summed E-state index contributed by atoms with van der Waals surface area (Å²) in [6.45, 7) is 1.23. The highest BCUT2D eigenvalue weighted by Crippen LogP contribution is 2.30. The van der Waals surface area contributed by atoms with Gasteiger partial charge in [-0.2, -0.15) is 0 Å². The molecule has 0 saturated heterocycles. The summed E-state index contributed by atoms with van der Waals surface area (Å²) in [5, 5.41) is 3.38. The number of carbonyl (C=O) groups is 2. The number of carbonyl (C=O) groups excluding carboxylic acids is 2. The summed E-state index contributed by atoms with van der Waals surface area (Å²) in [6.07, 6.45) is 1.29. The Bertz CT molecular complexity index is 1100. The van der Waals surface area contributed by atoms with Gasteiger partial charge in [0.15, 0.2) is 0 Å².